The number of anilines is 1. The van der Waals surface area contributed by atoms with E-state index in [2.05, 4.69) is 29.9 Å². The van der Waals surface area contributed by atoms with E-state index >= 15 is 0 Å². The van der Waals surface area contributed by atoms with Crippen molar-refractivity contribution in [2.24, 2.45) is 0 Å². The smallest absolute Gasteiger partial charge is 0.301 e. The normalized spacial score (nSPS) is 27.5. The fourth-order valence-electron chi connectivity index (χ4n) is 4.51. The zero-order valence-corrected chi connectivity index (χ0v) is 21.8. The van der Waals surface area contributed by atoms with Gasteiger partial charge in [0.1, 0.15) is 36.4 Å². The Bertz CT molecular complexity index is 1010. The molecule has 5 rings (SSSR count). The first-order chi connectivity index (χ1) is 16.3. The summed E-state index contributed by atoms with van der Waals surface area (Å²) in [6, 6.07) is 3.30. The summed E-state index contributed by atoms with van der Waals surface area (Å²) in [5.41, 5.74) is 1.32. The van der Waals surface area contributed by atoms with Crippen LogP contribution in [-0.2, 0) is 20.9 Å². The second-order valence-corrected chi connectivity index (χ2v) is 16.4. The van der Waals surface area contributed by atoms with Crippen LogP contribution in [0.3, 0.4) is 0 Å². The molecular weight excluding hydrogens is 478 g/mol. The van der Waals surface area contributed by atoms with Crippen LogP contribution in [-0.4, -0.2) is 98.1 Å². The summed E-state index contributed by atoms with van der Waals surface area (Å²) >= 11 is 6.63. The van der Waals surface area contributed by atoms with Gasteiger partial charge in [-0.2, -0.15) is 4.98 Å². The van der Waals surface area contributed by atoms with Crippen LogP contribution in [0.4, 0.5) is 5.82 Å². The molecule has 4 atom stereocenters. The number of aromatic nitrogens is 3. The maximum Gasteiger partial charge on any atom is 0.301 e. The molecule has 3 saturated heterocycles. The van der Waals surface area contributed by atoms with Crippen molar-refractivity contribution in [1.82, 2.24) is 19.9 Å². The van der Waals surface area contributed by atoms with E-state index in [0.29, 0.717) is 35.4 Å². The Morgan fingerprint density at radius 1 is 1.18 bits per heavy atom. The third-order valence-corrected chi connectivity index (χ3v) is 8.47. The standard InChI is InChI=1S/C22H34ClN5O5Si/c1-34(2,3)9-8-30-13-28-21-15(10-14(23)20(26-21)27-6-4-24-5-7-27)25-22(28)33-17-12-32-18-16(29)11-31-19(17)18/h10,16-19,24,29H,4-9,11-13H2,1-3H3/t16-,17-,18-,19-/m1/s1. The van der Waals surface area contributed by atoms with E-state index in [9.17, 15) is 5.11 Å². The number of halogens is 1. The second kappa shape index (κ2) is 9.88. The molecule has 0 aromatic carbocycles. The Balaban J connectivity index is 1.43. The lowest BCUT2D eigenvalue weighted by molar-refractivity contribution is 0.00336. The highest BCUT2D eigenvalue weighted by Crippen LogP contribution is 2.33. The fourth-order valence-corrected chi connectivity index (χ4v) is 5.54. The molecule has 0 unspecified atom stereocenters. The highest BCUT2D eigenvalue weighted by atomic mass is 35.5. The lowest BCUT2D eigenvalue weighted by atomic mass is 10.1. The zero-order chi connectivity index (χ0) is 23.9. The highest BCUT2D eigenvalue weighted by Gasteiger charge is 2.49. The topological polar surface area (TPSA) is 103 Å². The molecule has 2 aromatic rings. The average Bonchev–Trinajstić information content (AvgIpc) is 3.46. The fraction of sp³-hybridized carbons (Fsp3) is 0.727. The summed E-state index contributed by atoms with van der Waals surface area (Å²) in [7, 11) is -1.22. The van der Waals surface area contributed by atoms with Gasteiger partial charge < -0.3 is 34.3 Å². The number of nitrogens with zero attached hydrogens (tertiary/aromatic N) is 4. The lowest BCUT2D eigenvalue weighted by Gasteiger charge is -2.29. The first-order valence-electron chi connectivity index (χ1n) is 12.0. The molecule has 0 radical (unpaired) electrons. The van der Waals surface area contributed by atoms with Crippen molar-refractivity contribution in [1.29, 1.82) is 0 Å². The maximum atomic E-state index is 10.1. The first-order valence-corrected chi connectivity index (χ1v) is 16.1. The number of imidazole rings is 1. The molecule has 5 heterocycles. The number of pyridine rings is 1. The monoisotopic (exact) mass is 511 g/mol. The van der Waals surface area contributed by atoms with Gasteiger partial charge in [0.2, 0.25) is 0 Å². The maximum absolute atomic E-state index is 10.1. The van der Waals surface area contributed by atoms with Crippen molar-refractivity contribution in [2.45, 2.75) is 56.8 Å². The molecule has 10 nitrogen and oxygen atoms in total. The molecule has 0 spiro atoms. The van der Waals surface area contributed by atoms with Crippen LogP contribution >= 0.6 is 11.6 Å². The van der Waals surface area contributed by atoms with Crippen LogP contribution in [0.2, 0.25) is 30.7 Å². The van der Waals surface area contributed by atoms with E-state index < -0.39 is 14.2 Å². The van der Waals surface area contributed by atoms with Crippen molar-refractivity contribution in [3.8, 4) is 6.01 Å². The van der Waals surface area contributed by atoms with E-state index in [4.69, 9.17) is 40.5 Å². The lowest BCUT2D eigenvalue weighted by Crippen LogP contribution is -2.44. The molecule has 0 amide bonds. The summed E-state index contributed by atoms with van der Waals surface area (Å²) in [6.07, 6.45) is -1.71. The average molecular weight is 512 g/mol. The van der Waals surface area contributed by atoms with Crippen LogP contribution in [0.1, 0.15) is 0 Å². The minimum atomic E-state index is -1.22. The van der Waals surface area contributed by atoms with Crippen molar-refractivity contribution in [2.75, 3.05) is 50.9 Å². The Labute approximate surface area is 205 Å². The number of nitrogens with one attached hydrogen (secondary N) is 1. The zero-order valence-electron chi connectivity index (χ0n) is 20.0. The molecule has 12 heteroatoms. The summed E-state index contributed by atoms with van der Waals surface area (Å²) in [4.78, 5) is 11.8. The molecule has 3 fully saturated rings. The van der Waals surface area contributed by atoms with Crippen LogP contribution in [0.5, 0.6) is 6.01 Å². The molecule has 34 heavy (non-hydrogen) atoms. The van der Waals surface area contributed by atoms with Gasteiger partial charge in [-0.25, -0.2) is 4.98 Å². The molecule has 2 aromatic heterocycles. The van der Waals surface area contributed by atoms with E-state index in [1.165, 1.54) is 0 Å². The Kier molecular flexibility index (Phi) is 7.04. The number of piperazine rings is 1. The van der Waals surface area contributed by atoms with Crippen LogP contribution in [0.25, 0.3) is 11.2 Å². The van der Waals surface area contributed by atoms with Gasteiger partial charge in [-0.3, -0.25) is 4.57 Å². The van der Waals surface area contributed by atoms with Gasteiger partial charge in [0.05, 0.1) is 18.2 Å². The predicted molar refractivity (Wildman–Crippen MR) is 132 cm³/mol. The quantitative estimate of drug-likeness (QED) is 0.405. The number of fused-ring (bicyclic) bond motifs is 2. The number of ether oxygens (including phenoxy) is 4. The van der Waals surface area contributed by atoms with Crippen LogP contribution in [0, 0.1) is 0 Å². The molecule has 2 N–H and O–H groups in total. The van der Waals surface area contributed by atoms with Crippen molar-refractivity contribution < 1.29 is 24.1 Å². The van der Waals surface area contributed by atoms with Crippen molar-refractivity contribution >= 4 is 36.7 Å². The molecule has 0 saturated carbocycles. The summed E-state index contributed by atoms with van der Waals surface area (Å²) < 4.78 is 25.7. The summed E-state index contributed by atoms with van der Waals surface area (Å²) in [5, 5.41) is 14.0. The Morgan fingerprint density at radius 3 is 2.71 bits per heavy atom. The summed E-state index contributed by atoms with van der Waals surface area (Å²) in [6.45, 7) is 11.9. The van der Waals surface area contributed by atoms with Crippen LogP contribution < -0.4 is 15.0 Å². The molecular formula is C22H34ClN5O5Si. The van der Waals surface area contributed by atoms with Crippen molar-refractivity contribution in [3.63, 3.8) is 0 Å². The van der Waals surface area contributed by atoms with Crippen LogP contribution in [0.15, 0.2) is 6.07 Å². The molecule has 3 aliphatic heterocycles. The number of hydrogen-bond acceptors (Lipinski definition) is 9. The summed E-state index contributed by atoms with van der Waals surface area (Å²) in [5.74, 6) is 0.747. The third-order valence-electron chi connectivity index (χ3n) is 6.49. The van der Waals surface area contributed by atoms with Crippen molar-refractivity contribution in [3.05, 3.63) is 11.1 Å². The minimum absolute atomic E-state index is 0.247. The van der Waals surface area contributed by atoms with Gasteiger partial charge in [-0.15, -0.1) is 0 Å². The van der Waals surface area contributed by atoms with E-state index in [1.54, 1.807) is 0 Å². The molecule has 0 bridgehead atoms. The SMILES string of the molecule is C[Si](C)(C)CCOCn1c(O[C@@H]2CO[C@H]3[C@@H]2OC[C@H]3O)nc2cc(Cl)c(N3CCNCC3)nc21. The molecule has 0 aliphatic carbocycles. The van der Waals surface area contributed by atoms with Gasteiger partial charge in [0.15, 0.2) is 11.8 Å². The number of aliphatic hydroxyl groups is 1. The number of aliphatic hydroxyl groups excluding tert-OH is 1. The first kappa shape index (κ1) is 24.2. The van der Waals surface area contributed by atoms with Gasteiger partial charge in [-0.05, 0) is 12.1 Å². The Hall–Kier alpha value is -1.47. The van der Waals surface area contributed by atoms with Gasteiger partial charge in [0.25, 0.3) is 0 Å². The van der Waals surface area contributed by atoms with Gasteiger partial charge >= 0.3 is 6.01 Å². The molecule has 3 aliphatic rings. The second-order valence-electron chi connectivity index (χ2n) is 10.4. The van der Waals surface area contributed by atoms with E-state index in [0.717, 1.165) is 38.0 Å². The number of rotatable bonds is 8. The highest BCUT2D eigenvalue weighted by molar-refractivity contribution is 6.76. The third kappa shape index (κ3) is 5.06. The van der Waals surface area contributed by atoms with E-state index in [1.807, 2.05) is 10.6 Å². The van der Waals surface area contributed by atoms with E-state index in [-0.39, 0.29) is 31.6 Å². The largest absolute Gasteiger partial charge is 0.456 e. The Morgan fingerprint density at radius 2 is 1.94 bits per heavy atom. The minimum Gasteiger partial charge on any atom is -0.456 e. The van der Waals surface area contributed by atoms with Gasteiger partial charge in [0, 0.05) is 40.9 Å². The molecule has 188 valence electrons. The number of hydrogen-bond donors (Lipinski definition) is 2. The van der Waals surface area contributed by atoms with Gasteiger partial charge in [-0.1, -0.05) is 31.2 Å². The predicted octanol–water partition coefficient (Wildman–Crippen LogP) is 1.71.